The SMILES string of the molecule is CCNC(=O)Nc1ncnc2c1ncn2C1OC(C(=O)Nc2ccccc2C(=O)O)C2O[C@H](c3ccccc3)OC21. The van der Waals surface area contributed by atoms with Crippen LogP contribution in [-0.2, 0) is 19.0 Å². The number of aromatic nitrogens is 4. The molecule has 210 valence electrons. The largest absolute Gasteiger partial charge is 0.478 e. The number of carboxylic acid groups (broad SMARTS) is 1. The van der Waals surface area contributed by atoms with Gasteiger partial charge in [-0.15, -0.1) is 0 Å². The molecule has 2 saturated heterocycles. The maximum Gasteiger partial charge on any atom is 0.337 e. The number of para-hydroxylation sites is 1. The zero-order valence-corrected chi connectivity index (χ0v) is 21.6. The van der Waals surface area contributed by atoms with E-state index >= 15 is 0 Å². The third kappa shape index (κ3) is 4.95. The first kappa shape index (κ1) is 26.3. The van der Waals surface area contributed by atoms with Crippen molar-refractivity contribution in [2.45, 2.75) is 37.8 Å². The number of fused-ring (bicyclic) bond motifs is 2. The Bertz CT molecular complexity index is 1610. The zero-order valence-electron chi connectivity index (χ0n) is 21.6. The number of carboxylic acids is 1. The van der Waals surface area contributed by atoms with Crippen molar-refractivity contribution in [2.75, 3.05) is 17.2 Å². The number of nitrogens with zero attached hydrogens (tertiary/aromatic N) is 4. The van der Waals surface area contributed by atoms with Crippen molar-refractivity contribution in [1.29, 1.82) is 0 Å². The van der Waals surface area contributed by atoms with Gasteiger partial charge in [-0.2, -0.15) is 0 Å². The van der Waals surface area contributed by atoms with Gasteiger partial charge in [0.1, 0.15) is 18.5 Å². The standard InChI is InChI=1S/C27H25N7O7/c1-2-28-27(38)33-21-17-22(30-12-29-21)34(13-31-17)24-20-18(40-26(41-20)14-8-4-3-5-9-14)19(39-24)23(35)32-16-11-7-6-10-15(16)25(36)37/h3-13,18-20,24,26H,2H2,1H3,(H,32,35)(H,36,37)(H2,28,29,30,33,38)/t18?,19?,20?,24?,26-/m0/s1. The van der Waals surface area contributed by atoms with Gasteiger partial charge in [-0.25, -0.2) is 24.5 Å². The van der Waals surface area contributed by atoms with E-state index in [4.69, 9.17) is 14.2 Å². The zero-order chi connectivity index (χ0) is 28.5. The lowest BCUT2D eigenvalue weighted by Crippen LogP contribution is -2.38. The number of carbonyl (C=O) groups excluding carboxylic acids is 2. The van der Waals surface area contributed by atoms with Gasteiger partial charge in [0.15, 0.2) is 35.6 Å². The summed E-state index contributed by atoms with van der Waals surface area (Å²) in [5.41, 5.74) is 1.44. The van der Waals surface area contributed by atoms with Crippen LogP contribution in [0, 0.1) is 0 Å². The normalized spacial score (nSPS) is 23.2. The number of benzene rings is 2. The molecule has 2 aliphatic heterocycles. The van der Waals surface area contributed by atoms with Crippen molar-refractivity contribution in [3.8, 4) is 0 Å². The number of carbonyl (C=O) groups is 3. The summed E-state index contributed by atoms with van der Waals surface area (Å²) < 4.78 is 20.3. The van der Waals surface area contributed by atoms with E-state index in [0.29, 0.717) is 17.7 Å². The number of anilines is 2. The Kier molecular flexibility index (Phi) is 7.01. The second-order valence-electron chi connectivity index (χ2n) is 9.26. The average molecular weight is 560 g/mol. The van der Waals surface area contributed by atoms with E-state index < -0.39 is 48.7 Å². The molecule has 2 aromatic carbocycles. The Labute approximate surface area is 232 Å². The molecule has 0 radical (unpaired) electrons. The van der Waals surface area contributed by atoms with Gasteiger partial charge in [-0.3, -0.25) is 14.7 Å². The Hall–Kier alpha value is -4.92. The highest BCUT2D eigenvalue weighted by Crippen LogP contribution is 2.45. The number of ether oxygens (including phenoxy) is 3. The van der Waals surface area contributed by atoms with Crippen LogP contribution in [-0.4, -0.2) is 67.4 Å². The van der Waals surface area contributed by atoms with Crippen LogP contribution in [0.15, 0.2) is 67.3 Å². The van der Waals surface area contributed by atoms with Gasteiger partial charge in [0, 0.05) is 12.1 Å². The van der Waals surface area contributed by atoms with Crippen molar-refractivity contribution < 1.29 is 33.7 Å². The molecule has 3 amide bonds. The highest BCUT2D eigenvalue weighted by atomic mass is 16.8. The quantitative estimate of drug-likeness (QED) is 0.263. The van der Waals surface area contributed by atoms with E-state index in [1.165, 1.54) is 24.8 Å². The van der Waals surface area contributed by atoms with Crippen LogP contribution in [0.1, 0.15) is 35.4 Å². The van der Waals surface area contributed by atoms with Gasteiger partial charge in [0.25, 0.3) is 5.91 Å². The van der Waals surface area contributed by atoms with E-state index in [1.54, 1.807) is 23.6 Å². The first-order chi connectivity index (χ1) is 19.9. The van der Waals surface area contributed by atoms with Crippen molar-refractivity contribution in [2.24, 2.45) is 0 Å². The van der Waals surface area contributed by atoms with E-state index in [2.05, 4.69) is 30.9 Å². The number of urea groups is 1. The first-order valence-electron chi connectivity index (χ1n) is 12.8. The highest BCUT2D eigenvalue weighted by molar-refractivity contribution is 6.02. The van der Waals surface area contributed by atoms with Crippen LogP contribution in [0.5, 0.6) is 0 Å². The fourth-order valence-electron chi connectivity index (χ4n) is 4.88. The van der Waals surface area contributed by atoms with E-state index in [-0.39, 0.29) is 17.1 Å². The number of nitrogens with one attached hydrogen (secondary N) is 3. The molecule has 4 heterocycles. The number of hydrogen-bond acceptors (Lipinski definition) is 9. The van der Waals surface area contributed by atoms with Gasteiger partial charge in [0.05, 0.1) is 17.6 Å². The predicted molar refractivity (Wildman–Crippen MR) is 143 cm³/mol. The fraction of sp³-hybridized carbons (Fsp3) is 0.259. The van der Waals surface area contributed by atoms with Crippen LogP contribution in [0.25, 0.3) is 11.2 Å². The lowest BCUT2D eigenvalue weighted by Gasteiger charge is -2.21. The maximum atomic E-state index is 13.5. The maximum absolute atomic E-state index is 13.5. The van der Waals surface area contributed by atoms with Crippen molar-refractivity contribution in [1.82, 2.24) is 24.8 Å². The second kappa shape index (κ2) is 10.9. The van der Waals surface area contributed by atoms with Gasteiger partial charge in [0.2, 0.25) is 0 Å². The number of amides is 3. The summed E-state index contributed by atoms with van der Waals surface area (Å²) in [5, 5.41) is 17.5. The first-order valence-corrected chi connectivity index (χ1v) is 12.8. The van der Waals surface area contributed by atoms with Crippen LogP contribution < -0.4 is 16.0 Å². The third-order valence-corrected chi connectivity index (χ3v) is 6.70. The molecule has 0 aliphatic carbocycles. The average Bonchev–Trinajstić information content (AvgIpc) is 3.68. The monoisotopic (exact) mass is 559 g/mol. The van der Waals surface area contributed by atoms with Crippen molar-refractivity contribution in [3.05, 3.63) is 78.4 Å². The van der Waals surface area contributed by atoms with Crippen LogP contribution in [0.2, 0.25) is 0 Å². The van der Waals surface area contributed by atoms with Crippen LogP contribution in [0.4, 0.5) is 16.3 Å². The molecule has 14 nitrogen and oxygen atoms in total. The van der Waals surface area contributed by atoms with E-state index in [1.807, 2.05) is 30.3 Å². The molecular formula is C27H25N7O7. The molecule has 2 fully saturated rings. The number of imidazole rings is 1. The van der Waals surface area contributed by atoms with Gasteiger partial charge in [-0.1, -0.05) is 42.5 Å². The molecule has 2 aromatic heterocycles. The summed E-state index contributed by atoms with van der Waals surface area (Å²) in [5.74, 6) is -1.60. The molecule has 0 saturated carbocycles. The minimum atomic E-state index is -1.19. The minimum absolute atomic E-state index is 0.0675. The summed E-state index contributed by atoms with van der Waals surface area (Å²) in [4.78, 5) is 50.2. The van der Waals surface area contributed by atoms with Crippen LogP contribution in [0.3, 0.4) is 0 Å². The molecule has 14 heteroatoms. The van der Waals surface area contributed by atoms with E-state index in [9.17, 15) is 19.5 Å². The molecule has 0 spiro atoms. The lowest BCUT2D eigenvalue weighted by atomic mass is 10.1. The lowest BCUT2D eigenvalue weighted by molar-refractivity contribution is -0.158. The number of rotatable bonds is 7. The molecular weight excluding hydrogens is 534 g/mol. The molecule has 5 atom stereocenters. The Morgan fingerprint density at radius 1 is 0.927 bits per heavy atom. The Morgan fingerprint density at radius 3 is 2.46 bits per heavy atom. The van der Waals surface area contributed by atoms with E-state index in [0.717, 1.165) is 5.56 Å². The topological polar surface area (TPSA) is 179 Å². The smallest absolute Gasteiger partial charge is 0.337 e. The Morgan fingerprint density at radius 2 is 1.68 bits per heavy atom. The molecule has 4 N–H and O–H groups in total. The fourth-order valence-corrected chi connectivity index (χ4v) is 4.88. The van der Waals surface area contributed by atoms with Gasteiger partial charge in [-0.05, 0) is 19.1 Å². The second-order valence-corrected chi connectivity index (χ2v) is 9.26. The summed E-state index contributed by atoms with van der Waals surface area (Å²) in [6, 6.07) is 14.9. The molecule has 4 aromatic rings. The summed E-state index contributed by atoms with van der Waals surface area (Å²) in [7, 11) is 0. The highest BCUT2D eigenvalue weighted by Gasteiger charge is 2.56. The molecule has 6 rings (SSSR count). The van der Waals surface area contributed by atoms with Gasteiger partial charge >= 0.3 is 12.0 Å². The molecule has 2 aliphatic rings. The third-order valence-electron chi connectivity index (χ3n) is 6.70. The Balaban J connectivity index is 1.33. The molecule has 41 heavy (non-hydrogen) atoms. The summed E-state index contributed by atoms with van der Waals surface area (Å²) in [6.07, 6.45) is -1.74. The minimum Gasteiger partial charge on any atom is -0.478 e. The molecule has 0 bridgehead atoms. The van der Waals surface area contributed by atoms with Crippen molar-refractivity contribution >= 4 is 40.6 Å². The van der Waals surface area contributed by atoms with Crippen LogP contribution >= 0.6 is 0 Å². The summed E-state index contributed by atoms with van der Waals surface area (Å²) in [6.45, 7) is 2.21. The summed E-state index contributed by atoms with van der Waals surface area (Å²) >= 11 is 0. The predicted octanol–water partition coefficient (Wildman–Crippen LogP) is 2.68. The van der Waals surface area contributed by atoms with Gasteiger partial charge < -0.3 is 30.0 Å². The number of hydrogen-bond donors (Lipinski definition) is 4. The number of aromatic carboxylic acids is 1. The van der Waals surface area contributed by atoms with Crippen molar-refractivity contribution in [3.63, 3.8) is 0 Å². The molecule has 4 unspecified atom stereocenters.